The maximum atomic E-state index is 11.0. The lowest BCUT2D eigenvalue weighted by molar-refractivity contribution is -0.141. The molecule has 1 unspecified atom stereocenters. The van der Waals surface area contributed by atoms with Crippen LogP contribution in [0.15, 0.2) is 18.2 Å². The first-order chi connectivity index (χ1) is 7.54. The first-order valence-electron chi connectivity index (χ1n) is 5.21. The van der Waals surface area contributed by atoms with E-state index in [2.05, 4.69) is 0 Å². The summed E-state index contributed by atoms with van der Waals surface area (Å²) in [4.78, 5) is 11.0. The van der Waals surface area contributed by atoms with E-state index in [0.717, 1.165) is 12.0 Å². The Kier molecular flexibility index (Phi) is 5.10. The average molecular weight is 261 g/mol. The largest absolute Gasteiger partial charge is 0.481 e. The number of carboxylic acid groups (broad SMARTS) is 1. The zero-order valence-electron chi connectivity index (χ0n) is 9.04. The van der Waals surface area contributed by atoms with Crippen molar-refractivity contribution in [2.75, 3.05) is 0 Å². The van der Waals surface area contributed by atoms with E-state index < -0.39 is 5.97 Å². The third-order valence-electron chi connectivity index (χ3n) is 2.45. The Bertz CT molecular complexity index is 377. The summed E-state index contributed by atoms with van der Waals surface area (Å²) in [5, 5.41) is 10.00. The fourth-order valence-corrected chi connectivity index (χ4v) is 1.93. The minimum atomic E-state index is -0.757. The van der Waals surface area contributed by atoms with Gasteiger partial charge in [-0.25, -0.2) is 0 Å². The highest BCUT2D eigenvalue weighted by atomic mass is 35.5. The third kappa shape index (κ3) is 3.69. The van der Waals surface area contributed by atoms with Crippen LogP contribution in [0, 0.1) is 5.92 Å². The van der Waals surface area contributed by atoms with Crippen molar-refractivity contribution in [2.45, 2.75) is 26.2 Å². The predicted octanol–water partition coefficient (Wildman–Crippen LogP) is 4.04. The Hall–Kier alpha value is -0.730. The van der Waals surface area contributed by atoms with Crippen LogP contribution < -0.4 is 0 Å². The quantitative estimate of drug-likeness (QED) is 0.868. The molecule has 88 valence electrons. The summed E-state index contributed by atoms with van der Waals surface area (Å²) in [7, 11) is 0. The molecule has 1 aromatic carbocycles. The van der Waals surface area contributed by atoms with Crippen LogP contribution in [0.2, 0.25) is 10.0 Å². The van der Waals surface area contributed by atoms with Crippen molar-refractivity contribution in [3.05, 3.63) is 33.8 Å². The van der Waals surface area contributed by atoms with Crippen LogP contribution in [0.1, 0.15) is 25.3 Å². The van der Waals surface area contributed by atoms with Gasteiger partial charge in [-0.15, -0.1) is 0 Å². The Morgan fingerprint density at radius 2 is 2.06 bits per heavy atom. The number of carboxylic acids is 1. The number of hydrogen-bond acceptors (Lipinski definition) is 1. The third-order valence-corrected chi connectivity index (χ3v) is 3.19. The first-order valence-corrected chi connectivity index (χ1v) is 5.97. The van der Waals surface area contributed by atoms with E-state index in [0.29, 0.717) is 22.9 Å². The average Bonchev–Trinajstić information content (AvgIpc) is 2.22. The molecule has 0 spiro atoms. The van der Waals surface area contributed by atoms with Crippen LogP contribution in [-0.4, -0.2) is 11.1 Å². The summed E-state index contributed by atoms with van der Waals surface area (Å²) < 4.78 is 0. The van der Waals surface area contributed by atoms with Gasteiger partial charge in [0, 0.05) is 0 Å². The standard InChI is InChI=1S/C12H14Cl2O2/c1-2-3-9(12(15)16)6-8-4-5-10(13)11(14)7-8/h4-5,7,9H,2-3,6H2,1H3,(H,15,16). The van der Waals surface area contributed by atoms with Gasteiger partial charge in [-0.3, -0.25) is 4.79 Å². The molecule has 0 aromatic heterocycles. The van der Waals surface area contributed by atoms with Gasteiger partial charge in [0.05, 0.1) is 16.0 Å². The summed E-state index contributed by atoms with van der Waals surface area (Å²) in [5.74, 6) is -1.10. The number of carbonyl (C=O) groups is 1. The molecule has 0 aliphatic carbocycles. The normalized spacial score (nSPS) is 12.4. The summed E-state index contributed by atoms with van der Waals surface area (Å²) in [6.45, 7) is 1.98. The van der Waals surface area contributed by atoms with Crippen molar-refractivity contribution in [2.24, 2.45) is 5.92 Å². The smallest absolute Gasteiger partial charge is 0.306 e. The molecule has 2 nitrogen and oxygen atoms in total. The van der Waals surface area contributed by atoms with Gasteiger partial charge in [-0.1, -0.05) is 42.6 Å². The van der Waals surface area contributed by atoms with Crippen LogP contribution in [-0.2, 0) is 11.2 Å². The van der Waals surface area contributed by atoms with Crippen molar-refractivity contribution in [1.29, 1.82) is 0 Å². The zero-order chi connectivity index (χ0) is 12.1. The van der Waals surface area contributed by atoms with Crippen molar-refractivity contribution in [3.63, 3.8) is 0 Å². The van der Waals surface area contributed by atoms with Crippen LogP contribution in [0.5, 0.6) is 0 Å². The van der Waals surface area contributed by atoms with Crippen molar-refractivity contribution in [3.8, 4) is 0 Å². The molecular weight excluding hydrogens is 247 g/mol. The highest BCUT2D eigenvalue weighted by Gasteiger charge is 2.17. The van der Waals surface area contributed by atoms with Gasteiger partial charge < -0.3 is 5.11 Å². The summed E-state index contributed by atoms with van der Waals surface area (Å²) >= 11 is 11.7. The van der Waals surface area contributed by atoms with Crippen LogP contribution in [0.3, 0.4) is 0 Å². The van der Waals surface area contributed by atoms with Crippen LogP contribution >= 0.6 is 23.2 Å². The Morgan fingerprint density at radius 1 is 1.38 bits per heavy atom. The molecule has 1 atom stereocenters. The van der Waals surface area contributed by atoms with E-state index in [1.54, 1.807) is 12.1 Å². The van der Waals surface area contributed by atoms with Crippen LogP contribution in [0.4, 0.5) is 0 Å². The highest BCUT2D eigenvalue weighted by Crippen LogP contribution is 2.24. The summed E-state index contributed by atoms with van der Waals surface area (Å²) in [6.07, 6.45) is 2.04. The molecule has 0 radical (unpaired) electrons. The maximum Gasteiger partial charge on any atom is 0.306 e. The number of halogens is 2. The van der Waals surface area contributed by atoms with Gasteiger partial charge in [0.2, 0.25) is 0 Å². The fraction of sp³-hybridized carbons (Fsp3) is 0.417. The molecule has 0 aliphatic rings. The van der Waals surface area contributed by atoms with Crippen LogP contribution in [0.25, 0.3) is 0 Å². The van der Waals surface area contributed by atoms with Gasteiger partial charge in [-0.2, -0.15) is 0 Å². The number of hydrogen-bond donors (Lipinski definition) is 1. The number of benzene rings is 1. The zero-order valence-corrected chi connectivity index (χ0v) is 10.6. The number of aliphatic carboxylic acids is 1. The van der Waals surface area contributed by atoms with Gasteiger partial charge in [0.15, 0.2) is 0 Å². The van der Waals surface area contributed by atoms with Gasteiger partial charge in [0.25, 0.3) is 0 Å². The second kappa shape index (κ2) is 6.12. The molecule has 0 fully saturated rings. The van der Waals surface area contributed by atoms with E-state index in [1.165, 1.54) is 0 Å². The van der Waals surface area contributed by atoms with Crippen molar-refractivity contribution >= 4 is 29.2 Å². The molecule has 1 N–H and O–H groups in total. The lowest BCUT2D eigenvalue weighted by Crippen LogP contribution is -2.16. The molecule has 16 heavy (non-hydrogen) atoms. The second-order valence-corrected chi connectivity index (χ2v) is 4.59. The summed E-state index contributed by atoms with van der Waals surface area (Å²) in [6, 6.07) is 5.25. The SMILES string of the molecule is CCCC(Cc1ccc(Cl)c(Cl)c1)C(=O)O. The van der Waals surface area contributed by atoms with E-state index >= 15 is 0 Å². The molecule has 0 aliphatic heterocycles. The van der Waals surface area contributed by atoms with E-state index in [-0.39, 0.29) is 5.92 Å². The van der Waals surface area contributed by atoms with E-state index in [4.69, 9.17) is 28.3 Å². The molecule has 4 heteroatoms. The molecule has 0 saturated heterocycles. The summed E-state index contributed by atoms with van der Waals surface area (Å²) in [5.41, 5.74) is 0.912. The fourth-order valence-electron chi connectivity index (χ4n) is 1.61. The van der Waals surface area contributed by atoms with E-state index in [9.17, 15) is 4.79 Å². The molecular formula is C12H14Cl2O2. The van der Waals surface area contributed by atoms with Crippen molar-refractivity contribution in [1.82, 2.24) is 0 Å². The van der Waals surface area contributed by atoms with Gasteiger partial charge in [0.1, 0.15) is 0 Å². The minimum absolute atomic E-state index is 0.345. The lowest BCUT2D eigenvalue weighted by Gasteiger charge is -2.11. The molecule has 1 aromatic rings. The second-order valence-electron chi connectivity index (χ2n) is 3.78. The number of rotatable bonds is 5. The van der Waals surface area contributed by atoms with Crippen molar-refractivity contribution < 1.29 is 9.90 Å². The maximum absolute atomic E-state index is 11.0. The first kappa shape index (κ1) is 13.3. The predicted molar refractivity (Wildman–Crippen MR) is 66.2 cm³/mol. The molecule has 0 bridgehead atoms. The monoisotopic (exact) mass is 260 g/mol. The Morgan fingerprint density at radius 3 is 2.56 bits per heavy atom. The lowest BCUT2D eigenvalue weighted by atomic mass is 9.95. The van der Waals surface area contributed by atoms with Gasteiger partial charge >= 0.3 is 5.97 Å². The topological polar surface area (TPSA) is 37.3 Å². The molecule has 0 amide bonds. The molecule has 0 saturated carbocycles. The minimum Gasteiger partial charge on any atom is -0.481 e. The Labute approximate surface area is 105 Å². The van der Waals surface area contributed by atoms with E-state index in [1.807, 2.05) is 13.0 Å². The van der Waals surface area contributed by atoms with Gasteiger partial charge in [-0.05, 0) is 30.5 Å². The molecule has 1 rings (SSSR count). The Balaban J connectivity index is 2.77. The highest BCUT2D eigenvalue weighted by molar-refractivity contribution is 6.42. The molecule has 0 heterocycles.